The van der Waals surface area contributed by atoms with Crippen LogP contribution in [0, 0.1) is 0 Å². The summed E-state index contributed by atoms with van der Waals surface area (Å²) in [7, 11) is 1.60. The second-order valence-electron chi connectivity index (χ2n) is 3.46. The van der Waals surface area contributed by atoms with E-state index in [1.807, 2.05) is 0 Å². The van der Waals surface area contributed by atoms with E-state index < -0.39 is 0 Å². The largest absolute Gasteiger partial charge is 0.497 e. The third-order valence-electron chi connectivity index (χ3n) is 1.88. The number of benzene rings is 1. The standard InChI is InChI=1S/C11H16N2O2/c1-8(12)7-11(14)13-9-3-5-10(15-2)6-4-9/h3-6,8H,7,12H2,1-2H3,(H,13,14). The third kappa shape index (κ3) is 3.99. The van der Waals surface area contributed by atoms with Crippen molar-refractivity contribution in [1.29, 1.82) is 0 Å². The van der Waals surface area contributed by atoms with Gasteiger partial charge in [-0.3, -0.25) is 4.79 Å². The maximum atomic E-state index is 11.4. The van der Waals surface area contributed by atoms with Crippen molar-refractivity contribution in [2.45, 2.75) is 19.4 Å². The molecule has 0 saturated carbocycles. The van der Waals surface area contributed by atoms with Gasteiger partial charge in [0.25, 0.3) is 0 Å². The van der Waals surface area contributed by atoms with Gasteiger partial charge >= 0.3 is 0 Å². The van der Waals surface area contributed by atoms with Crippen molar-refractivity contribution in [3.8, 4) is 5.75 Å². The molecule has 0 spiro atoms. The molecule has 0 aliphatic rings. The molecule has 4 heteroatoms. The smallest absolute Gasteiger partial charge is 0.225 e. The van der Waals surface area contributed by atoms with Crippen molar-refractivity contribution in [2.24, 2.45) is 5.73 Å². The van der Waals surface area contributed by atoms with Gasteiger partial charge in [-0.25, -0.2) is 0 Å². The highest BCUT2D eigenvalue weighted by Crippen LogP contribution is 2.15. The fourth-order valence-electron chi connectivity index (χ4n) is 1.18. The van der Waals surface area contributed by atoms with Gasteiger partial charge in [0.05, 0.1) is 7.11 Å². The summed E-state index contributed by atoms with van der Waals surface area (Å²) >= 11 is 0. The number of nitrogens with two attached hydrogens (primary N) is 1. The molecule has 0 aliphatic heterocycles. The van der Waals surface area contributed by atoms with Crippen LogP contribution in [-0.4, -0.2) is 19.1 Å². The Morgan fingerprint density at radius 1 is 1.47 bits per heavy atom. The first kappa shape index (κ1) is 11.5. The summed E-state index contributed by atoms with van der Waals surface area (Å²) in [5.74, 6) is 0.690. The third-order valence-corrected chi connectivity index (χ3v) is 1.88. The van der Waals surface area contributed by atoms with Gasteiger partial charge in [-0.15, -0.1) is 0 Å². The predicted molar refractivity (Wildman–Crippen MR) is 59.9 cm³/mol. The summed E-state index contributed by atoms with van der Waals surface area (Å²) in [6.45, 7) is 1.80. The normalized spacial score (nSPS) is 11.9. The van der Waals surface area contributed by atoms with E-state index in [2.05, 4.69) is 5.32 Å². The van der Waals surface area contributed by atoms with E-state index >= 15 is 0 Å². The molecule has 0 aromatic heterocycles. The molecule has 0 saturated heterocycles. The van der Waals surface area contributed by atoms with Crippen LogP contribution in [-0.2, 0) is 4.79 Å². The number of methoxy groups -OCH3 is 1. The Kier molecular flexibility index (Phi) is 4.12. The number of carbonyl (C=O) groups is 1. The van der Waals surface area contributed by atoms with Crippen LogP contribution >= 0.6 is 0 Å². The molecule has 0 aliphatic carbocycles. The molecular formula is C11H16N2O2. The van der Waals surface area contributed by atoms with Crippen LogP contribution in [0.3, 0.4) is 0 Å². The molecule has 1 aromatic carbocycles. The van der Waals surface area contributed by atoms with Crippen LogP contribution in [0.5, 0.6) is 5.75 Å². The topological polar surface area (TPSA) is 64.3 Å². The van der Waals surface area contributed by atoms with Gasteiger partial charge in [0.2, 0.25) is 5.91 Å². The first-order valence-electron chi connectivity index (χ1n) is 4.81. The van der Waals surface area contributed by atoms with Crippen LogP contribution in [0.15, 0.2) is 24.3 Å². The summed E-state index contributed by atoms with van der Waals surface area (Å²) < 4.78 is 5.01. The highest BCUT2D eigenvalue weighted by atomic mass is 16.5. The Morgan fingerprint density at radius 3 is 2.53 bits per heavy atom. The lowest BCUT2D eigenvalue weighted by Gasteiger charge is -2.07. The van der Waals surface area contributed by atoms with Crippen LogP contribution in [0.4, 0.5) is 5.69 Å². The van der Waals surface area contributed by atoms with E-state index in [1.165, 1.54) is 0 Å². The lowest BCUT2D eigenvalue weighted by atomic mass is 10.2. The summed E-state index contributed by atoms with van der Waals surface area (Å²) in [4.78, 5) is 11.4. The van der Waals surface area contributed by atoms with Crippen LogP contribution in [0.2, 0.25) is 0 Å². The molecule has 82 valence electrons. The van der Waals surface area contributed by atoms with E-state index in [0.717, 1.165) is 11.4 Å². The summed E-state index contributed by atoms with van der Waals surface area (Å²) in [6, 6.07) is 7.04. The lowest BCUT2D eigenvalue weighted by Crippen LogP contribution is -2.23. The molecule has 3 N–H and O–H groups in total. The van der Waals surface area contributed by atoms with Crippen LogP contribution in [0.25, 0.3) is 0 Å². The van der Waals surface area contributed by atoms with Gasteiger partial charge in [-0.1, -0.05) is 0 Å². The number of nitrogens with one attached hydrogen (secondary N) is 1. The highest BCUT2D eigenvalue weighted by molar-refractivity contribution is 5.91. The fraction of sp³-hybridized carbons (Fsp3) is 0.364. The Bertz CT molecular complexity index is 320. The van der Waals surface area contributed by atoms with Crippen molar-refractivity contribution >= 4 is 11.6 Å². The Balaban J connectivity index is 2.53. The number of hydrogen-bond donors (Lipinski definition) is 2. The Labute approximate surface area is 89.4 Å². The minimum absolute atomic E-state index is 0.0739. The van der Waals surface area contributed by atoms with Crippen LogP contribution < -0.4 is 15.8 Å². The zero-order valence-corrected chi connectivity index (χ0v) is 8.99. The molecule has 1 amide bonds. The highest BCUT2D eigenvalue weighted by Gasteiger charge is 2.04. The van der Waals surface area contributed by atoms with Crippen molar-refractivity contribution in [3.63, 3.8) is 0 Å². The lowest BCUT2D eigenvalue weighted by molar-refractivity contribution is -0.116. The maximum Gasteiger partial charge on any atom is 0.225 e. The number of hydrogen-bond acceptors (Lipinski definition) is 3. The van der Waals surface area contributed by atoms with Crippen LogP contribution in [0.1, 0.15) is 13.3 Å². The van der Waals surface area contributed by atoms with Gasteiger partial charge in [-0.05, 0) is 31.2 Å². The van der Waals surface area contributed by atoms with Crippen molar-refractivity contribution in [2.75, 3.05) is 12.4 Å². The number of amides is 1. The van der Waals surface area contributed by atoms with E-state index in [9.17, 15) is 4.79 Å². The van der Waals surface area contributed by atoms with Gasteiger partial charge in [-0.2, -0.15) is 0 Å². The fourth-order valence-corrected chi connectivity index (χ4v) is 1.18. The molecule has 0 radical (unpaired) electrons. The molecule has 0 fully saturated rings. The van der Waals surface area contributed by atoms with E-state index in [1.54, 1.807) is 38.3 Å². The minimum atomic E-state index is -0.122. The van der Waals surface area contributed by atoms with Gasteiger partial charge in [0.15, 0.2) is 0 Å². The zero-order chi connectivity index (χ0) is 11.3. The zero-order valence-electron chi connectivity index (χ0n) is 8.99. The molecule has 4 nitrogen and oxygen atoms in total. The monoisotopic (exact) mass is 208 g/mol. The average molecular weight is 208 g/mol. The SMILES string of the molecule is COc1ccc(NC(=O)CC(C)N)cc1. The second kappa shape index (κ2) is 5.36. The van der Waals surface area contributed by atoms with Gasteiger partial charge < -0.3 is 15.8 Å². The molecule has 1 aromatic rings. The minimum Gasteiger partial charge on any atom is -0.497 e. The van der Waals surface area contributed by atoms with Gasteiger partial charge in [0, 0.05) is 18.2 Å². The Morgan fingerprint density at radius 2 is 2.07 bits per heavy atom. The maximum absolute atomic E-state index is 11.4. The summed E-state index contributed by atoms with van der Waals surface area (Å²) in [6.07, 6.45) is 0.325. The number of carbonyl (C=O) groups excluding carboxylic acids is 1. The molecule has 0 heterocycles. The first-order chi connectivity index (χ1) is 7.11. The van der Waals surface area contributed by atoms with E-state index in [-0.39, 0.29) is 11.9 Å². The quantitative estimate of drug-likeness (QED) is 0.785. The van der Waals surface area contributed by atoms with Crippen molar-refractivity contribution in [3.05, 3.63) is 24.3 Å². The van der Waals surface area contributed by atoms with Gasteiger partial charge in [0.1, 0.15) is 5.75 Å². The van der Waals surface area contributed by atoms with E-state index in [0.29, 0.717) is 6.42 Å². The number of rotatable bonds is 4. The summed E-state index contributed by atoms with van der Waals surface area (Å²) in [5, 5.41) is 2.75. The number of anilines is 1. The molecule has 0 bridgehead atoms. The molecule has 1 rings (SSSR count). The molecular weight excluding hydrogens is 192 g/mol. The second-order valence-corrected chi connectivity index (χ2v) is 3.46. The predicted octanol–water partition coefficient (Wildman–Crippen LogP) is 1.37. The summed E-state index contributed by atoms with van der Waals surface area (Å²) in [5.41, 5.74) is 6.26. The average Bonchev–Trinajstić information content (AvgIpc) is 2.17. The Hall–Kier alpha value is -1.55. The van der Waals surface area contributed by atoms with Crippen molar-refractivity contribution in [1.82, 2.24) is 0 Å². The first-order valence-corrected chi connectivity index (χ1v) is 4.81. The molecule has 1 unspecified atom stereocenters. The molecule has 1 atom stereocenters. The van der Waals surface area contributed by atoms with Crippen molar-refractivity contribution < 1.29 is 9.53 Å². The molecule has 15 heavy (non-hydrogen) atoms. The van der Waals surface area contributed by atoms with E-state index in [4.69, 9.17) is 10.5 Å². The number of ether oxygens (including phenoxy) is 1.